The maximum atomic E-state index is 11.6. The molecule has 1 fully saturated rings. The summed E-state index contributed by atoms with van der Waals surface area (Å²) in [5.41, 5.74) is -2.84. The lowest BCUT2D eigenvalue weighted by Gasteiger charge is -2.27. The van der Waals surface area contributed by atoms with E-state index in [2.05, 4.69) is 4.74 Å². The highest BCUT2D eigenvalue weighted by molar-refractivity contribution is 6.18. The quantitative estimate of drug-likeness (QED) is 0.492. The molecule has 0 bridgehead atoms. The molecule has 8 heteroatoms. The second-order valence-corrected chi connectivity index (χ2v) is 4.06. The number of carbonyl (C=O) groups excluding carboxylic acids is 1. The Morgan fingerprint density at radius 1 is 0.944 bits per heavy atom. The Kier molecular flexibility index (Phi) is 3.89. The number of esters is 1. The van der Waals surface area contributed by atoms with Crippen LogP contribution in [-0.2, 0) is 19.1 Å². The zero-order chi connectivity index (χ0) is 13.9. The molecule has 0 saturated heterocycles. The van der Waals surface area contributed by atoms with Gasteiger partial charge in [-0.2, -0.15) is 0 Å². The maximum absolute atomic E-state index is 11.6. The van der Waals surface area contributed by atoms with Crippen LogP contribution in [-0.4, -0.2) is 39.4 Å². The van der Waals surface area contributed by atoms with Crippen LogP contribution in [0.15, 0.2) is 0 Å². The third kappa shape index (κ3) is 2.13. The fourth-order valence-corrected chi connectivity index (χ4v) is 2.30. The molecule has 0 amide bonds. The summed E-state index contributed by atoms with van der Waals surface area (Å²) in [5.74, 6) is -6.51. The zero-order valence-corrected chi connectivity index (χ0v) is 9.29. The van der Waals surface area contributed by atoms with Crippen molar-refractivity contribution in [3.8, 4) is 0 Å². The number of carboxylic acid groups (broad SMARTS) is 3. The van der Waals surface area contributed by atoms with Crippen LogP contribution in [0.25, 0.3) is 0 Å². The molecule has 0 atom stereocenters. The molecule has 8 nitrogen and oxygen atoms in total. The molecule has 1 aliphatic carbocycles. The minimum Gasteiger partial charge on any atom is -0.480 e. The summed E-state index contributed by atoms with van der Waals surface area (Å²) in [4.78, 5) is 44.3. The van der Waals surface area contributed by atoms with E-state index in [1.54, 1.807) is 0 Å². The number of hydrogen-bond acceptors (Lipinski definition) is 5. The van der Waals surface area contributed by atoms with Crippen molar-refractivity contribution in [2.45, 2.75) is 25.7 Å². The minimum absolute atomic E-state index is 0.229. The summed E-state index contributed by atoms with van der Waals surface area (Å²) in [5, 5.41) is 26.5. The monoisotopic (exact) mass is 260 g/mol. The number of rotatable bonds is 4. The summed E-state index contributed by atoms with van der Waals surface area (Å²) >= 11 is 0. The number of carboxylic acids is 2. The highest BCUT2D eigenvalue weighted by atomic mass is 16.7. The van der Waals surface area contributed by atoms with Crippen molar-refractivity contribution in [3.63, 3.8) is 0 Å². The van der Waals surface area contributed by atoms with Crippen LogP contribution in [0.3, 0.4) is 0 Å². The molecule has 0 aromatic carbocycles. The van der Waals surface area contributed by atoms with Gasteiger partial charge < -0.3 is 20.1 Å². The van der Waals surface area contributed by atoms with Crippen molar-refractivity contribution in [1.82, 2.24) is 0 Å². The van der Waals surface area contributed by atoms with Gasteiger partial charge in [-0.15, -0.1) is 0 Å². The van der Waals surface area contributed by atoms with E-state index in [0.29, 0.717) is 12.8 Å². The van der Waals surface area contributed by atoms with E-state index in [9.17, 15) is 19.2 Å². The van der Waals surface area contributed by atoms with E-state index in [0.717, 1.165) is 0 Å². The molecule has 0 radical (unpaired) electrons. The molecule has 100 valence electrons. The average Bonchev–Trinajstić information content (AvgIpc) is 2.69. The molecule has 3 N–H and O–H groups in total. The molecule has 0 spiro atoms. The lowest BCUT2D eigenvalue weighted by atomic mass is 9.74. The molecular weight excluding hydrogens is 248 g/mol. The molecule has 1 aliphatic rings. The number of hydrogen-bond donors (Lipinski definition) is 3. The zero-order valence-electron chi connectivity index (χ0n) is 9.29. The van der Waals surface area contributed by atoms with Crippen molar-refractivity contribution in [1.29, 1.82) is 0 Å². The van der Waals surface area contributed by atoms with E-state index in [1.807, 2.05) is 0 Å². The van der Waals surface area contributed by atoms with Gasteiger partial charge in [0.15, 0.2) is 0 Å². The van der Waals surface area contributed by atoms with Crippen LogP contribution < -0.4 is 0 Å². The highest BCUT2D eigenvalue weighted by Gasteiger charge is 2.61. The molecule has 0 heterocycles. The van der Waals surface area contributed by atoms with Gasteiger partial charge in [0.25, 0.3) is 5.41 Å². The van der Waals surface area contributed by atoms with Gasteiger partial charge in [0, 0.05) is 0 Å². The first-order chi connectivity index (χ1) is 8.33. The SMILES string of the molecule is O=C(O)OC(=O)C(C(=O)O)(C(=O)O)C1CCCC1. The Hall–Kier alpha value is -2.12. The van der Waals surface area contributed by atoms with Gasteiger partial charge in [-0.3, -0.25) is 9.59 Å². The molecule has 1 rings (SSSR count). The normalized spacial score (nSPS) is 16.2. The Labute approximate surface area is 101 Å². The number of aliphatic carboxylic acids is 2. The Morgan fingerprint density at radius 3 is 1.72 bits per heavy atom. The van der Waals surface area contributed by atoms with E-state index in [1.165, 1.54) is 0 Å². The fourth-order valence-electron chi connectivity index (χ4n) is 2.30. The summed E-state index contributed by atoms with van der Waals surface area (Å²) in [6.07, 6.45) is -0.383. The third-order valence-corrected chi connectivity index (χ3v) is 3.14. The average molecular weight is 260 g/mol. The first-order valence-corrected chi connectivity index (χ1v) is 5.25. The van der Waals surface area contributed by atoms with Crippen LogP contribution in [0.2, 0.25) is 0 Å². The molecule has 0 aromatic heterocycles. The smallest absolute Gasteiger partial charge is 0.480 e. The molecular formula is C10H12O8. The summed E-state index contributed by atoms with van der Waals surface area (Å²) in [7, 11) is 0. The fraction of sp³-hybridized carbons (Fsp3) is 0.600. The molecule has 18 heavy (non-hydrogen) atoms. The second kappa shape index (κ2) is 5.03. The first kappa shape index (κ1) is 13.9. The highest BCUT2D eigenvalue weighted by Crippen LogP contribution is 2.41. The van der Waals surface area contributed by atoms with E-state index in [4.69, 9.17) is 15.3 Å². The van der Waals surface area contributed by atoms with Gasteiger partial charge in [-0.1, -0.05) is 12.8 Å². The predicted molar refractivity (Wildman–Crippen MR) is 53.8 cm³/mol. The van der Waals surface area contributed by atoms with Crippen LogP contribution in [0.1, 0.15) is 25.7 Å². The molecule has 0 aromatic rings. The Bertz CT molecular complexity index is 379. The number of ether oxygens (including phenoxy) is 1. The van der Waals surface area contributed by atoms with E-state index < -0.39 is 35.4 Å². The topological polar surface area (TPSA) is 138 Å². The van der Waals surface area contributed by atoms with Crippen LogP contribution in [0.5, 0.6) is 0 Å². The lowest BCUT2D eigenvalue weighted by Crippen LogP contribution is -2.52. The molecule has 0 unspecified atom stereocenters. The Morgan fingerprint density at radius 2 is 1.39 bits per heavy atom. The summed E-state index contributed by atoms with van der Waals surface area (Å²) < 4.78 is 3.77. The summed E-state index contributed by atoms with van der Waals surface area (Å²) in [6.45, 7) is 0. The van der Waals surface area contributed by atoms with Gasteiger partial charge in [0.05, 0.1) is 0 Å². The second-order valence-electron chi connectivity index (χ2n) is 4.06. The van der Waals surface area contributed by atoms with Crippen LogP contribution in [0.4, 0.5) is 4.79 Å². The summed E-state index contributed by atoms with van der Waals surface area (Å²) in [6, 6.07) is 0. The Balaban J connectivity index is 3.20. The maximum Gasteiger partial charge on any atom is 0.513 e. The predicted octanol–water partition coefficient (Wildman–Crippen LogP) is 0.553. The van der Waals surface area contributed by atoms with Crippen molar-refractivity contribution in [2.75, 3.05) is 0 Å². The van der Waals surface area contributed by atoms with Crippen molar-refractivity contribution in [2.24, 2.45) is 11.3 Å². The third-order valence-electron chi connectivity index (χ3n) is 3.14. The van der Waals surface area contributed by atoms with E-state index in [-0.39, 0.29) is 12.8 Å². The van der Waals surface area contributed by atoms with Gasteiger partial charge in [0.2, 0.25) is 0 Å². The van der Waals surface area contributed by atoms with Crippen molar-refractivity contribution >= 4 is 24.1 Å². The van der Waals surface area contributed by atoms with Gasteiger partial charge in [0.1, 0.15) is 0 Å². The van der Waals surface area contributed by atoms with Gasteiger partial charge >= 0.3 is 24.1 Å². The molecule has 1 saturated carbocycles. The van der Waals surface area contributed by atoms with Gasteiger partial charge in [-0.05, 0) is 18.8 Å². The van der Waals surface area contributed by atoms with Gasteiger partial charge in [-0.25, -0.2) is 9.59 Å². The minimum atomic E-state index is -2.84. The van der Waals surface area contributed by atoms with Crippen LogP contribution in [0, 0.1) is 11.3 Å². The first-order valence-electron chi connectivity index (χ1n) is 5.25. The van der Waals surface area contributed by atoms with Crippen molar-refractivity contribution < 1.29 is 39.2 Å². The van der Waals surface area contributed by atoms with Crippen LogP contribution >= 0.6 is 0 Å². The largest absolute Gasteiger partial charge is 0.513 e. The number of carbonyl (C=O) groups is 4. The molecule has 0 aliphatic heterocycles. The lowest BCUT2D eigenvalue weighted by molar-refractivity contribution is -0.180. The van der Waals surface area contributed by atoms with E-state index >= 15 is 0 Å². The standard InChI is InChI=1S/C10H12O8/c11-6(12)10(7(13)14,5-3-1-2-4-5)8(15)18-9(16)17/h5H,1-4H2,(H,11,12)(H,13,14)(H,16,17). The van der Waals surface area contributed by atoms with Crippen molar-refractivity contribution in [3.05, 3.63) is 0 Å².